The Labute approximate surface area is 71.5 Å². The van der Waals surface area contributed by atoms with Crippen LogP contribution >= 0.6 is 10.7 Å². The molecule has 1 saturated heterocycles. The molecule has 1 aliphatic heterocycles. The van der Waals surface area contributed by atoms with Crippen molar-refractivity contribution in [1.82, 2.24) is 5.32 Å². The van der Waals surface area contributed by atoms with Gasteiger partial charge < -0.3 is 5.32 Å². The molecule has 1 N–H and O–H groups in total. The van der Waals surface area contributed by atoms with Crippen LogP contribution in [0.5, 0.6) is 0 Å². The van der Waals surface area contributed by atoms with E-state index in [1.54, 1.807) is 0 Å². The van der Waals surface area contributed by atoms with Crippen molar-refractivity contribution < 1.29 is 8.42 Å². The van der Waals surface area contributed by atoms with Crippen LogP contribution in [0.4, 0.5) is 0 Å². The normalized spacial score (nSPS) is 25.7. The number of rotatable bonds is 3. The van der Waals surface area contributed by atoms with Gasteiger partial charge in [-0.3, -0.25) is 0 Å². The topological polar surface area (TPSA) is 46.2 Å². The van der Waals surface area contributed by atoms with Crippen molar-refractivity contribution in [2.24, 2.45) is 5.92 Å². The van der Waals surface area contributed by atoms with Crippen LogP contribution < -0.4 is 5.32 Å². The van der Waals surface area contributed by atoms with Crippen LogP contribution in [-0.2, 0) is 9.05 Å². The fourth-order valence-corrected chi connectivity index (χ4v) is 2.15. The highest BCUT2D eigenvalue weighted by Crippen LogP contribution is 2.14. The average molecular weight is 198 g/mol. The Morgan fingerprint density at radius 3 is 2.73 bits per heavy atom. The van der Waals surface area contributed by atoms with Crippen molar-refractivity contribution in [3.8, 4) is 0 Å². The van der Waals surface area contributed by atoms with E-state index in [9.17, 15) is 8.42 Å². The van der Waals surface area contributed by atoms with E-state index in [4.69, 9.17) is 10.7 Å². The van der Waals surface area contributed by atoms with Gasteiger partial charge in [0, 0.05) is 10.7 Å². The summed E-state index contributed by atoms with van der Waals surface area (Å²) in [5.74, 6) is 0.615. The third-order valence-corrected chi connectivity index (χ3v) is 3.12. The molecule has 0 saturated carbocycles. The molecule has 11 heavy (non-hydrogen) atoms. The van der Waals surface area contributed by atoms with Gasteiger partial charge in [-0.1, -0.05) is 0 Å². The first kappa shape index (κ1) is 9.29. The van der Waals surface area contributed by atoms with Crippen molar-refractivity contribution in [3.63, 3.8) is 0 Å². The summed E-state index contributed by atoms with van der Waals surface area (Å²) in [7, 11) is 1.80. The molecule has 1 aliphatic rings. The van der Waals surface area contributed by atoms with Gasteiger partial charge in [-0.2, -0.15) is 0 Å². The fraction of sp³-hybridized carbons (Fsp3) is 1.00. The monoisotopic (exact) mass is 197 g/mol. The number of hydrogen-bond acceptors (Lipinski definition) is 3. The predicted molar refractivity (Wildman–Crippen MR) is 45.2 cm³/mol. The van der Waals surface area contributed by atoms with E-state index >= 15 is 0 Å². The molecule has 0 aliphatic carbocycles. The Morgan fingerprint density at radius 2 is 2.27 bits per heavy atom. The van der Waals surface area contributed by atoms with E-state index in [0.29, 0.717) is 12.3 Å². The van der Waals surface area contributed by atoms with Gasteiger partial charge in [-0.05, 0) is 31.8 Å². The molecule has 66 valence electrons. The van der Waals surface area contributed by atoms with E-state index < -0.39 is 9.05 Å². The van der Waals surface area contributed by atoms with Gasteiger partial charge >= 0.3 is 0 Å². The quantitative estimate of drug-likeness (QED) is 0.673. The minimum Gasteiger partial charge on any atom is -0.316 e. The number of hydrogen-bond donors (Lipinski definition) is 1. The van der Waals surface area contributed by atoms with Gasteiger partial charge in [-0.25, -0.2) is 8.42 Å². The van der Waals surface area contributed by atoms with Gasteiger partial charge in [0.05, 0.1) is 5.75 Å². The second-order valence-corrected chi connectivity index (χ2v) is 5.79. The summed E-state index contributed by atoms with van der Waals surface area (Å²) in [6, 6.07) is 0. The zero-order valence-corrected chi connectivity index (χ0v) is 7.79. The molecule has 0 amide bonds. The second-order valence-electron chi connectivity index (χ2n) is 2.89. The summed E-state index contributed by atoms with van der Waals surface area (Å²) < 4.78 is 21.1. The van der Waals surface area contributed by atoms with Crippen molar-refractivity contribution >= 4 is 19.7 Å². The van der Waals surface area contributed by atoms with Gasteiger partial charge in [-0.15, -0.1) is 0 Å². The van der Waals surface area contributed by atoms with Crippen LogP contribution in [0, 0.1) is 5.92 Å². The van der Waals surface area contributed by atoms with Crippen molar-refractivity contribution in [3.05, 3.63) is 0 Å². The van der Waals surface area contributed by atoms with Crippen molar-refractivity contribution in [2.45, 2.75) is 12.8 Å². The van der Waals surface area contributed by atoms with E-state index in [1.165, 1.54) is 0 Å². The molecule has 1 heterocycles. The van der Waals surface area contributed by atoms with E-state index in [1.807, 2.05) is 0 Å². The maximum Gasteiger partial charge on any atom is 0.232 e. The minimum atomic E-state index is -3.27. The molecule has 5 heteroatoms. The van der Waals surface area contributed by atoms with Gasteiger partial charge in [0.1, 0.15) is 0 Å². The molecule has 1 rings (SSSR count). The lowest BCUT2D eigenvalue weighted by atomic mass is 10.1. The summed E-state index contributed by atoms with van der Waals surface area (Å²) in [6.07, 6.45) is 1.77. The first-order chi connectivity index (χ1) is 5.08. The van der Waals surface area contributed by atoms with Crippen LogP contribution in [0.2, 0.25) is 0 Å². The highest BCUT2D eigenvalue weighted by atomic mass is 35.7. The molecular formula is C6H12ClNO2S. The second kappa shape index (κ2) is 3.74. The predicted octanol–water partition coefficient (Wildman–Crippen LogP) is 0.555. The molecule has 0 radical (unpaired) electrons. The Balaban J connectivity index is 2.22. The summed E-state index contributed by atoms with van der Waals surface area (Å²) in [6.45, 7) is 1.94. The zero-order valence-electron chi connectivity index (χ0n) is 6.22. The van der Waals surface area contributed by atoms with E-state index in [0.717, 1.165) is 19.5 Å². The smallest absolute Gasteiger partial charge is 0.232 e. The lowest BCUT2D eigenvalue weighted by Gasteiger charge is -2.04. The number of nitrogens with one attached hydrogen (secondary N) is 1. The van der Waals surface area contributed by atoms with Crippen LogP contribution in [0.25, 0.3) is 0 Å². The molecule has 0 spiro atoms. The lowest BCUT2D eigenvalue weighted by molar-refractivity contribution is 0.551. The van der Waals surface area contributed by atoms with E-state index in [-0.39, 0.29) is 5.75 Å². The third-order valence-electron chi connectivity index (χ3n) is 1.93. The maximum atomic E-state index is 10.5. The highest BCUT2D eigenvalue weighted by molar-refractivity contribution is 8.13. The van der Waals surface area contributed by atoms with Crippen LogP contribution in [0.3, 0.4) is 0 Å². The Hall–Kier alpha value is 0.200. The Morgan fingerprint density at radius 1 is 1.55 bits per heavy atom. The first-order valence-corrected chi connectivity index (χ1v) is 6.19. The standard InChI is InChI=1S/C6H12ClNO2S/c7-11(9,10)4-2-6-1-3-8-5-6/h6,8H,1-5H2. The van der Waals surface area contributed by atoms with Gasteiger partial charge in [0.15, 0.2) is 0 Å². The molecule has 1 atom stereocenters. The Bertz CT molecular complexity index is 209. The third kappa shape index (κ3) is 3.94. The minimum absolute atomic E-state index is 0.112. The van der Waals surface area contributed by atoms with Gasteiger partial charge in [0.2, 0.25) is 9.05 Å². The molecule has 0 aromatic rings. The van der Waals surface area contributed by atoms with Crippen LogP contribution in [0.15, 0.2) is 0 Å². The molecule has 1 unspecified atom stereocenters. The summed E-state index contributed by atoms with van der Waals surface area (Å²) in [5, 5.41) is 3.17. The maximum absolute atomic E-state index is 10.5. The molecular weight excluding hydrogens is 186 g/mol. The highest BCUT2D eigenvalue weighted by Gasteiger charge is 2.16. The lowest BCUT2D eigenvalue weighted by Crippen LogP contribution is -2.11. The summed E-state index contributed by atoms with van der Waals surface area (Å²) in [4.78, 5) is 0. The Kier molecular flexibility index (Phi) is 3.16. The first-order valence-electron chi connectivity index (χ1n) is 3.71. The summed E-state index contributed by atoms with van der Waals surface area (Å²) >= 11 is 0. The average Bonchev–Trinajstić information content (AvgIpc) is 2.32. The van der Waals surface area contributed by atoms with Crippen LogP contribution in [0.1, 0.15) is 12.8 Å². The molecule has 0 aromatic heterocycles. The molecule has 0 aromatic carbocycles. The SMILES string of the molecule is O=S(=O)(Cl)CCC1CCNC1. The fourth-order valence-electron chi connectivity index (χ4n) is 1.27. The summed E-state index contributed by atoms with van der Waals surface area (Å²) in [5.41, 5.74) is 0. The van der Waals surface area contributed by atoms with Crippen LogP contribution in [-0.4, -0.2) is 27.3 Å². The van der Waals surface area contributed by atoms with Crippen molar-refractivity contribution in [2.75, 3.05) is 18.8 Å². The zero-order chi connectivity index (χ0) is 8.32. The van der Waals surface area contributed by atoms with Crippen molar-refractivity contribution in [1.29, 1.82) is 0 Å². The number of halogens is 1. The molecule has 1 fully saturated rings. The largest absolute Gasteiger partial charge is 0.316 e. The molecule has 0 bridgehead atoms. The van der Waals surface area contributed by atoms with E-state index in [2.05, 4.69) is 5.32 Å². The van der Waals surface area contributed by atoms with Gasteiger partial charge in [0.25, 0.3) is 0 Å². The molecule has 3 nitrogen and oxygen atoms in total.